The molecule has 0 aliphatic heterocycles. The van der Waals surface area contributed by atoms with Crippen LogP contribution in [0.4, 0.5) is 5.69 Å². The lowest BCUT2D eigenvalue weighted by Gasteiger charge is -2.19. The van der Waals surface area contributed by atoms with Crippen molar-refractivity contribution in [2.45, 2.75) is 11.1 Å². The van der Waals surface area contributed by atoms with Gasteiger partial charge in [-0.2, -0.15) is 4.31 Å². The monoisotopic (exact) mass is 350 g/mol. The Labute approximate surface area is 140 Å². The standard InChI is InChI=1S/C16H18N2O3S2/c1-3-9-18(23(20,21)16-8-5-10-22-16)12-15(19)17-14-7-4-6-13(2)11-14/h3-8,10-11H,1,9,12H2,2H3,(H,17,19). The first kappa shape index (κ1) is 17.4. The molecule has 23 heavy (non-hydrogen) atoms. The molecule has 0 saturated heterocycles. The molecule has 0 atom stereocenters. The highest BCUT2D eigenvalue weighted by molar-refractivity contribution is 7.91. The fourth-order valence-electron chi connectivity index (χ4n) is 2.01. The summed E-state index contributed by atoms with van der Waals surface area (Å²) < 4.78 is 26.4. The van der Waals surface area contributed by atoms with Gasteiger partial charge in [0, 0.05) is 12.2 Å². The zero-order valence-electron chi connectivity index (χ0n) is 12.7. The Hall–Kier alpha value is -1.96. The number of aryl methyl sites for hydroxylation is 1. The van der Waals surface area contributed by atoms with Crippen molar-refractivity contribution in [2.24, 2.45) is 0 Å². The fourth-order valence-corrected chi connectivity index (χ4v) is 4.52. The number of thiophene rings is 1. The number of hydrogen-bond acceptors (Lipinski definition) is 4. The number of hydrogen-bond donors (Lipinski definition) is 1. The molecule has 1 aromatic carbocycles. The van der Waals surface area contributed by atoms with Gasteiger partial charge in [-0.3, -0.25) is 4.79 Å². The van der Waals surface area contributed by atoms with Crippen LogP contribution in [0.1, 0.15) is 5.56 Å². The quantitative estimate of drug-likeness (QED) is 0.781. The summed E-state index contributed by atoms with van der Waals surface area (Å²) in [6.45, 7) is 5.29. The van der Waals surface area contributed by atoms with E-state index in [1.165, 1.54) is 12.1 Å². The zero-order valence-corrected chi connectivity index (χ0v) is 14.4. The largest absolute Gasteiger partial charge is 0.325 e. The van der Waals surface area contributed by atoms with Crippen molar-refractivity contribution in [1.82, 2.24) is 4.31 Å². The molecular formula is C16H18N2O3S2. The molecule has 1 N–H and O–H groups in total. The number of nitrogens with one attached hydrogen (secondary N) is 1. The van der Waals surface area contributed by atoms with Gasteiger partial charge in [-0.1, -0.05) is 24.3 Å². The first-order valence-electron chi connectivity index (χ1n) is 6.94. The normalized spacial score (nSPS) is 11.4. The van der Waals surface area contributed by atoms with Gasteiger partial charge in [0.25, 0.3) is 10.0 Å². The molecule has 0 fully saturated rings. The Kier molecular flexibility index (Phi) is 5.70. The van der Waals surface area contributed by atoms with Crippen LogP contribution in [-0.2, 0) is 14.8 Å². The number of carbonyl (C=O) groups excluding carboxylic acids is 1. The van der Waals surface area contributed by atoms with Crippen molar-refractivity contribution in [3.63, 3.8) is 0 Å². The van der Waals surface area contributed by atoms with Crippen molar-refractivity contribution < 1.29 is 13.2 Å². The minimum atomic E-state index is -3.70. The Morgan fingerprint density at radius 3 is 2.74 bits per heavy atom. The summed E-state index contributed by atoms with van der Waals surface area (Å²) in [6.07, 6.45) is 1.46. The first-order valence-corrected chi connectivity index (χ1v) is 9.26. The molecule has 1 amide bonds. The van der Waals surface area contributed by atoms with Gasteiger partial charge in [0.1, 0.15) is 4.21 Å². The van der Waals surface area contributed by atoms with Crippen molar-refractivity contribution >= 4 is 33.0 Å². The van der Waals surface area contributed by atoms with E-state index in [4.69, 9.17) is 0 Å². The highest BCUT2D eigenvalue weighted by Crippen LogP contribution is 2.21. The topological polar surface area (TPSA) is 66.5 Å². The maximum atomic E-state index is 12.5. The van der Waals surface area contributed by atoms with Crippen molar-refractivity contribution in [3.05, 3.63) is 60.0 Å². The van der Waals surface area contributed by atoms with Crippen LogP contribution in [-0.4, -0.2) is 31.7 Å². The molecular weight excluding hydrogens is 332 g/mol. The number of sulfonamides is 1. The van der Waals surface area contributed by atoms with E-state index in [0.717, 1.165) is 21.2 Å². The number of carbonyl (C=O) groups is 1. The highest BCUT2D eigenvalue weighted by Gasteiger charge is 2.26. The highest BCUT2D eigenvalue weighted by atomic mass is 32.2. The second kappa shape index (κ2) is 7.54. The SMILES string of the molecule is C=CCN(CC(=O)Nc1cccc(C)c1)S(=O)(=O)c1cccs1. The van der Waals surface area contributed by atoms with Crippen molar-refractivity contribution in [1.29, 1.82) is 0 Å². The summed E-state index contributed by atoms with van der Waals surface area (Å²) in [6, 6.07) is 10.5. The maximum absolute atomic E-state index is 12.5. The second-order valence-electron chi connectivity index (χ2n) is 4.94. The van der Waals surface area contributed by atoms with Gasteiger partial charge < -0.3 is 5.32 Å². The van der Waals surface area contributed by atoms with Crippen LogP contribution in [0, 0.1) is 6.92 Å². The third-order valence-electron chi connectivity index (χ3n) is 3.04. The van der Waals surface area contributed by atoms with Crippen LogP contribution in [0.15, 0.2) is 58.6 Å². The van der Waals surface area contributed by atoms with Crippen LogP contribution >= 0.6 is 11.3 Å². The number of nitrogens with zero attached hydrogens (tertiary/aromatic N) is 1. The van der Waals surface area contributed by atoms with Gasteiger partial charge in [0.2, 0.25) is 5.91 Å². The molecule has 2 rings (SSSR count). The first-order chi connectivity index (χ1) is 10.9. The van der Waals surface area contributed by atoms with E-state index in [9.17, 15) is 13.2 Å². The number of anilines is 1. The third kappa shape index (κ3) is 4.51. The van der Waals surface area contributed by atoms with Gasteiger partial charge in [-0.05, 0) is 36.1 Å². The summed E-state index contributed by atoms with van der Waals surface area (Å²) in [5, 5.41) is 4.40. The molecule has 1 aromatic heterocycles. The lowest BCUT2D eigenvalue weighted by Crippen LogP contribution is -2.37. The summed E-state index contributed by atoms with van der Waals surface area (Å²) >= 11 is 1.12. The molecule has 0 bridgehead atoms. The van der Waals surface area contributed by atoms with Gasteiger partial charge in [-0.25, -0.2) is 8.42 Å². The van der Waals surface area contributed by atoms with Gasteiger partial charge >= 0.3 is 0 Å². The van der Waals surface area contributed by atoms with E-state index in [1.54, 1.807) is 17.5 Å². The Morgan fingerprint density at radius 1 is 1.35 bits per heavy atom. The minimum absolute atomic E-state index is 0.0709. The third-order valence-corrected chi connectivity index (χ3v) is 6.23. The average molecular weight is 350 g/mol. The molecule has 0 radical (unpaired) electrons. The Balaban J connectivity index is 2.13. The van der Waals surface area contributed by atoms with E-state index < -0.39 is 15.9 Å². The molecule has 0 aliphatic rings. The summed E-state index contributed by atoms with van der Waals surface area (Å²) in [4.78, 5) is 12.2. The molecule has 0 spiro atoms. The smallest absolute Gasteiger partial charge is 0.253 e. The van der Waals surface area contributed by atoms with E-state index in [0.29, 0.717) is 5.69 Å². The molecule has 5 nitrogen and oxygen atoms in total. The summed E-state index contributed by atoms with van der Waals surface area (Å²) in [7, 11) is -3.70. The molecule has 2 aromatic rings. The molecule has 1 heterocycles. The predicted octanol–water partition coefficient (Wildman–Crippen LogP) is 2.87. The van der Waals surface area contributed by atoms with Crippen LogP contribution in [0.3, 0.4) is 0 Å². The minimum Gasteiger partial charge on any atom is -0.325 e. The summed E-state index contributed by atoms with van der Waals surface area (Å²) in [5.74, 6) is -0.391. The number of benzene rings is 1. The van der Waals surface area contributed by atoms with Gasteiger partial charge in [-0.15, -0.1) is 17.9 Å². The van der Waals surface area contributed by atoms with Crippen LogP contribution in [0.25, 0.3) is 0 Å². The van der Waals surface area contributed by atoms with E-state index in [1.807, 2.05) is 25.1 Å². The molecule has 0 unspecified atom stereocenters. The van der Waals surface area contributed by atoms with E-state index in [-0.39, 0.29) is 17.3 Å². The lowest BCUT2D eigenvalue weighted by molar-refractivity contribution is -0.116. The van der Waals surface area contributed by atoms with Crippen LogP contribution in [0.2, 0.25) is 0 Å². The average Bonchev–Trinajstić information content (AvgIpc) is 3.01. The van der Waals surface area contributed by atoms with Crippen molar-refractivity contribution in [3.8, 4) is 0 Å². The number of amides is 1. The van der Waals surface area contributed by atoms with Gasteiger partial charge in [0.15, 0.2) is 0 Å². The zero-order chi connectivity index (χ0) is 16.9. The van der Waals surface area contributed by atoms with E-state index in [2.05, 4.69) is 11.9 Å². The predicted molar refractivity (Wildman–Crippen MR) is 93.1 cm³/mol. The number of rotatable bonds is 7. The van der Waals surface area contributed by atoms with E-state index >= 15 is 0 Å². The second-order valence-corrected chi connectivity index (χ2v) is 8.05. The van der Waals surface area contributed by atoms with Gasteiger partial charge in [0.05, 0.1) is 6.54 Å². The molecule has 0 aliphatic carbocycles. The Bertz CT molecular complexity index is 783. The van der Waals surface area contributed by atoms with Crippen LogP contribution < -0.4 is 5.32 Å². The van der Waals surface area contributed by atoms with Crippen LogP contribution in [0.5, 0.6) is 0 Å². The molecule has 7 heteroatoms. The molecule has 0 saturated carbocycles. The fraction of sp³-hybridized carbons (Fsp3) is 0.188. The Morgan fingerprint density at radius 2 is 2.13 bits per heavy atom. The maximum Gasteiger partial charge on any atom is 0.253 e. The summed E-state index contributed by atoms with van der Waals surface area (Å²) in [5.41, 5.74) is 1.65. The van der Waals surface area contributed by atoms with Crippen molar-refractivity contribution in [2.75, 3.05) is 18.4 Å². The molecule has 122 valence electrons. The lowest BCUT2D eigenvalue weighted by atomic mass is 10.2.